The molecule has 0 atom stereocenters. The first-order valence-corrected chi connectivity index (χ1v) is 10.7. The van der Waals surface area contributed by atoms with Gasteiger partial charge in [0.1, 0.15) is 11.4 Å². The van der Waals surface area contributed by atoms with Gasteiger partial charge in [0.25, 0.3) is 10.0 Å². The average molecular weight is 431 g/mol. The van der Waals surface area contributed by atoms with Gasteiger partial charge in [-0.2, -0.15) is 0 Å². The van der Waals surface area contributed by atoms with Crippen molar-refractivity contribution < 1.29 is 22.3 Å². The van der Waals surface area contributed by atoms with Crippen molar-refractivity contribution in [1.82, 2.24) is 9.29 Å². The number of carbonyl (C=O) groups excluding carboxylic acids is 1. The molecule has 3 rings (SSSR count). The van der Waals surface area contributed by atoms with E-state index >= 15 is 0 Å². The molecule has 1 amide bonds. The monoisotopic (exact) mass is 430 g/mol. The average Bonchev–Trinajstić information content (AvgIpc) is 3.02. The van der Waals surface area contributed by atoms with E-state index in [9.17, 15) is 17.6 Å². The number of carbonyl (C=O) groups is 1. The van der Waals surface area contributed by atoms with Crippen molar-refractivity contribution in [3.63, 3.8) is 0 Å². The molecule has 0 saturated heterocycles. The van der Waals surface area contributed by atoms with E-state index in [4.69, 9.17) is 4.74 Å². The number of aromatic nitrogens is 1. The molecule has 3 aromatic rings. The molecule has 0 aliphatic heterocycles. The van der Waals surface area contributed by atoms with Gasteiger partial charge >= 0.3 is 6.09 Å². The van der Waals surface area contributed by atoms with Crippen molar-refractivity contribution in [1.29, 1.82) is 0 Å². The summed E-state index contributed by atoms with van der Waals surface area (Å²) in [4.78, 5) is 12.1. The smallest absolute Gasteiger partial charge is 0.407 e. The second-order valence-electron chi connectivity index (χ2n) is 7.71. The summed E-state index contributed by atoms with van der Waals surface area (Å²) in [6.07, 6.45) is 0.634. The molecular weight excluding hydrogens is 407 g/mol. The minimum absolute atomic E-state index is 0.0745. The second-order valence-corrected chi connectivity index (χ2v) is 9.50. The molecule has 30 heavy (non-hydrogen) atoms. The predicted molar refractivity (Wildman–Crippen MR) is 114 cm³/mol. The normalized spacial score (nSPS) is 12.0. The van der Waals surface area contributed by atoms with Crippen LogP contribution in [0.1, 0.15) is 32.0 Å². The fourth-order valence-electron chi connectivity index (χ4n) is 3.02. The fourth-order valence-corrected chi connectivity index (χ4v) is 4.57. The van der Waals surface area contributed by atoms with Crippen LogP contribution in [0.15, 0.2) is 60.0 Å². The summed E-state index contributed by atoms with van der Waals surface area (Å²) in [7, 11) is -4.01. The lowest BCUT2D eigenvalue weighted by Crippen LogP contribution is -2.33. The van der Waals surface area contributed by atoms with Crippen molar-refractivity contribution in [2.24, 2.45) is 0 Å². The van der Waals surface area contributed by atoms with Gasteiger partial charge in [0.15, 0.2) is 0 Å². The summed E-state index contributed by atoms with van der Waals surface area (Å²) < 4.78 is 47.4. The SMILES string of the molecule is C=Cc1cc2c(cc1F)cc(CNC(=O)OC(C)(C)C)n2S(=O)(=O)c1ccccc1. The highest BCUT2D eigenvalue weighted by Gasteiger charge is 2.24. The van der Waals surface area contributed by atoms with Gasteiger partial charge in [-0.1, -0.05) is 30.9 Å². The summed E-state index contributed by atoms with van der Waals surface area (Å²) in [6.45, 7) is 8.63. The van der Waals surface area contributed by atoms with Crippen molar-refractivity contribution in [3.05, 3.63) is 72.2 Å². The molecule has 0 fully saturated rings. The van der Waals surface area contributed by atoms with E-state index in [2.05, 4.69) is 11.9 Å². The fraction of sp³-hybridized carbons (Fsp3) is 0.227. The Labute approximate surface area is 175 Å². The minimum atomic E-state index is -4.01. The van der Waals surface area contributed by atoms with Crippen molar-refractivity contribution in [2.45, 2.75) is 37.8 Å². The molecule has 0 unspecified atom stereocenters. The van der Waals surface area contributed by atoms with Crippen LogP contribution in [0, 0.1) is 5.82 Å². The summed E-state index contributed by atoms with van der Waals surface area (Å²) >= 11 is 0. The lowest BCUT2D eigenvalue weighted by molar-refractivity contribution is 0.0522. The number of rotatable bonds is 5. The van der Waals surface area contributed by atoms with Crippen LogP contribution in [0.3, 0.4) is 0 Å². The maximum atomic E-state index is 14.3. The highest BCUT2D eigenvalue weighted by Crippen LogP contribution is 2.28. The summed E-state index contributed by atoms with van der Waals surface area (Å²) in [5.41, 5.74) is 0.0303. The molecule has 0 aliphatic rings. The molecule has 1 aromatic heterocycles. The molecule has 1 heterocycles. The van der Waals surface area contributed by atoms with Crippen LogP contribution in [0.4, 0.5) is 9.18 Å². The molecule has 2 aromatic carbocycles. The third-order valence-electron chi connectivity index (χ3n) is 4.26. The number of benzene rings is 2. The lowest BCUT2D eigenvalue weighted by atomic mass is 10.1. The van der Waals surface area contributed by atoms with Crippen molar-refractivity contribution in [3.8, 4) is 0 Å². The predicted octanol–water partition coefficient (Wildman–Crippen LogP) is 4.69. The Morgan fingerprint density at radius 1 is 1.20 bits per heavy atom. The largest absolute Gasteiger partial charge is 0.444 e. The number of ether oxygens (including phenoxy) is 1. The first-order chi connectivity index (χ1) is 14.0. The molecule has 0 radical (unpaired) electrons. The first kappa shape index (κ1) is 21.6. The standard InChI is InChI=1S/C22H23FN2O4S/c1-5-15-13-20-16(12-19(15)23)11-17(14-24-21(26)29-22(2,3)4)25(20)30(27,28)18-9-7-6-8-10-18/h5-13H,1,14H2,2-4H3,(H,24,26). The molecule has 0 aliphatic carbocycles. The number of fused-ring (bicyclic) bond motifs is 1. The number of nitrogens with one attached hydrogen (secondary N) is 1. The molecule has 0 saturated carbocycles. The topological polar surface area (TPSA) is 77.4 Å². The maximum Gasteiger partial charge on any atom is 0.407 e. The van der Waals surface area contributed by atoms with Crippen molar-refractivity contribution >= 4 is 33.1 Å². The second kappa shape index (κ2) is 7.95. The number of hydrogen-bond donors (Lipinski definition) is 1. The van der Waals surface area contributed by atoms with E-state index in [0.717, 1.165) is 3.97 Å². The van der Waals surface area contributed by atoms with Gasteiger partial charge in [0.2, 0.25) is 0 Å². The molecule has 0 bridgehead atoms. The van der Waals surface area contributed by atoms with Gasteiger partial charge in [-0.3, -0.25) is 0 Å². The van der Waals surface area contributed by atoms with Crippen LogP contribution in [0.2, 0.25) is 0 Å². The van der Waals surface area contributed by atoms with Crippen LogP contribution >= 0.6 is 0 Å². The van der Waals surface area contributed by atoms with E-state index < -0.39 is 27.5 Å². The number of alkyl carbamates (subject to hydrolysis) is 1. The van der Waals surface area contributed by atoms with Gasteiger partial charge in [0, 0.05) is 10.9 Å². The number of nitrogens with zero attached hydrogens (tertiary/aromatic N) is 1. The Kier molecular flexibility index (Phi) is 5.72. The van der Waals surface area contributed by atoms with Crippen LogP contribution in [0.5, 0.6) is 0 Å². The molecule has 0 spiro atoms. The van der Waals surface area contributed by atoms with Gasteiger partial charge in [-0.15, -0.1) is 0 Å². The number of halogens is 1. The molecule has 6 nitrogen and oxygen atoms in total. The van der Waals surface area contributed by atoms with Crippen LogP contribution in [0.25, 0.3) is 17.0 Å². The number of hydrogen-bond acceptors (Lipinski definition) is 4. The Hall–Kier alpha value is -3.13. The third kappa shape index (κ3) is 4.38. The zero-order valence-corrected chi connectivity index (χ0v) is 17.8. The Morgan fingerprint density at radius 3 is 2.47 bits per heavy atom. The van der Waals surface area contributed by atoms with Gasteiger partial charge in [-0.25, -0.2) is 21.6 Å². The maximum absolute atomic E-state index is 14.3. The summed E-state index contributed by atoms with van der Waals surface area (Å²) in [5, 5.41) is 2.95. The van der Waals surface area contributed by atoms with E-state index in [1.165, 1.54) is 36.4 Å². The zero-order valence-electron chi connectivity index (χ0n) is 17.0. The Morgan fingerprint density at radius 2 is 1.87 bits per heavy atom. The summed E-state index contributed by atoms with van der Waals surface area (Å²) in [6, 6.07) is 12.1. The van der Waals surface area contributed by atoms with Gasteiger partial charge in [-0.05, 0) is 51.1 Å². The highest BCUT2D eigenvalue weighted by molar-refractivity contribution is 7.90. The molecule has 8 heteroatoms. The van der Waals surface area contributed by atoms with E-state index in [-0.39, 0.29) is 28.2 Å². The van der Waals surface area contributed by atoms with E-state index in [1.807, 2.05) is 0 Å². The van der Waals surface area contributed by atoms with Crippen LogP contribution in [-0.4, -0.2) is 24.1 Å². The Bertz CT molecular complexity index is 1210. The molecule has 158 valence electrons. The minimum Gasteiger partial charge on any atom is -0.444 e. The third-order valence-corrected chi connectivity index (χ3v) is 6.04. The quantitative estimate of drug-likeness (QED) is 0.637. The number of amides is 1. The van der Waals surface area contributed by atoms with Crippen LogP contribution in [-0.2, 0) is 21.3 Å². The van der Waals surface area contributed by atoms with Crippen molar-refractivity contribution in [2.75, 3.05) is 0 Å². The lowest BCUT2D eigenvalue weighted by Gasteiger charge is -2.20. The highest BCUT2D eigenvalue weighted by atomic mass is 32.2. The summed E-state index contributed by atoms with van der Waals surface area (Å²) in [5.74, 6) is -0.515. The zero-order chi connectivity index (χ0) is 22.1. The Balaban J connectivity index is 2.13. The molecular formula is C22H23FN2O4S. The van der Waals surface area contributed by atoms with E-state index in [1.54, 1.807) is 39.0 Å². The van der Waals surface area contributed by atoms with Crippen LogP contribution < -0.4 is 5.32 Å². The van der Waals surface area contributed by atoms with Gasteiger partial charge in [0.05, 0.1) is 22.7 Å². The first-order valence-electron chi connectivity index (χ1n) is 9.27. The molecule has 1 N–H and O–H groups in total. The van der Waals surface area contributed by atoms with E-state index in [0.29, 0.717) is 5.39 Å². The van der Waals surface area contributed by atoms with Gasteiger partial charge < -0.3 is 10.1 Å².